The molecule has 9 nitrogen and oxygen atoms in total. The number of aromatic nitrogens is 4. The normalized spacial score (nSPS) is 27.9. The monoisotopic (exact) mass is 484 g/mol. The molecule has 2 amide bonds. The first-order chi connectivity index (χ1) is 17.4. The first-order valence-electron chi connectivity index (χ1n) is 12.4. The summed E-state index contributed by atoms with van der Waals surface area (Å²) in [5.74, 6) is 0.880. The van der Waals surface area contributed by atoms with Crippen LogP contribution in [-0.2, 0) is 0 Å². The minimum absolute atomic E-state index is 0.201. The molecule has 0 aliphatic heterocycles. The molecule has 0 radical (unpaired) electrons. The summed E-state index contributed by atoms with van der Waals surface area (Å²) in [6, 6.07) is 11.3. The molecule has 184 valence electrons. The lowest BCUT2D eigenvalue weighted by atomic mass is 9.50. The SMILES string of the molecule is Cc1cncc(C(=O)NC23CC4CC(CC(NC(=O)Oc5cc(-c6ccccc6)ncn5)(C4)C2)C3)n1. The number of nitrogens with zero attached hydrogens (tertiary/aromatic N) is 4. The molecule has 4 bridgehead atoms. The molecular weight excluding hydrogens is 456 g/mol. The van der Waals surface area contributed by atoms with Crippen molar-refractivity contribution < 1.29 is 14.3 Å². The average Bonchev–Trinajstić information content (AvgIpc) is 2.83. The van der Waals surface area contributed by atoms with E-state index < -0.39 is 11.6 Å². The standard InChI is InChI=1S/C27H28N6O3/c1-17-13-28-14-22(31-17)24(34)32-26-9-18-7-19(10-26)12-27(11-18,15-26)33-25(35)36-23-8-21(29-16-30-23)20-5-3-2-4-6-20/h2-6,8,13-14,16,18-19H,7,9-12,15H2,1H3,(H,32,34)(H,33,35). The Hall–Kier alpha value is -3.88. The van der Waals surface area contributed by atoms with Crippen LogP contribution in [0.1, 0.15) is 54.7 Å². The van der Waals surface area contributed by atoms with Crippen molar-refractivity contribution >= 4 is 12.0 Å². The average molecular weight is 485 g/mol. The van der Waals surface area contributed by atoms with Gasteiger partial charge in [0.1, 0.15) is 12.0 Å². The maximum Gasteiger partial charge on any atom is 0.414 e. The van der Waals surface area contributed by atoms with Gasteiger partial charge >= 0.3 is 6.09 Å². The minimum Gasteiger partial charge on any atom is -0.391 e. The number of hydrogen-bond donors (Lipinski definition) is 2. The van der Waals surface area contributed by atoms with Crippen LogP contribution in [0.25, 0.3) is 11.3 Å². The lowest BCUT2D eigenvalue weighted by Crippen LogP contribution is -2.70. The maximum absolute atomic E-state index is 13.1. The van der Waals surface area contributed by atoms with E-state index in [9.17, 15) is 9.59 Å². The molecule has 4 aliphatic rings. The molecule has 7 rings (SSSR count). The number of amides is 2. The summed E-state index contributed by atoms with van der Waals surface area (Å²) in [7, 11) is 0. The minimum atomic E-state index is -0.527. The summed E-state index contributed by atoms with van der Waals surface area (Å²) in [5.41, 5.74) is 1.85. The van der Waals surface area contributed by atoms with Gasteiger partial charge in [-0.1, -0.05) is 30.3 Å². The summed E-state index contributed by atoms with van der Waals surface area (Å²) in [4.78, 5) is 43.0. The van der Waals surface area contributed by atoms with Gasteiger partial charge in [-0.25, -0.2) is 19.7 Å². The highest BCUT2D eigenvalue weighted by atomic mass is 16.6. The van der Waals surface area contributed by atoms with E-state index in [0.717, 1.165) is 37.7 Å². The molecule has 2 N–H and O–H groups in total. The van der Waals surface area contributed by atoms with Crippen LogP contribution < -0.4 is 15.4 Å². The highest BCUT2D eigenvalue weighted by molar-refractivity contribution is 5.92. The smallest absolute Gasteiger partial charge is 0.391 e. The van der Waals surface area contributed by atoms with Crippen LogP contribution in [0.15, 0.2) is 55.1 Å². The molecule has 9 heteroatoms. The van der Waals surface area contributed by atoms with Gasteiger partial charge in [-0.3, -0.25) is 9.78 Å². The topological polar surface area (TPSA) is 119 Å². The summed E-state index contributed by atoms with van der Waals surface area (Å²) in [6.45, 7) is 1.82. The first kappa shape index (κ1) is 22.6. The number of nitrogens with one attached hydrogen (secondary N) is 2. The number of hydrogen-bond acceptors (Lipinski definition) is 7. The van der Waals surface area contributed by atoms with Crippen LogP contribution in [0, 0.1) is 18.8 Å². The fraction of sp³-hybridized carbons (Fsp3) is 0.407. The molecule has 3 aromatic rings. The molecule has 2 atom stereocenters. The molecule has 4 fully saturated rings. The third kappa shape index (κ3) is 4.41. The molecule has 4 aliphatic carbocycles. The van der Waals surface area contributed by atoms with Gasteiger partial charge < -0.3 is 15.4 Å². The third-order valence-electron chi connectivity index (χ3n) is 7.70. The van der Waals surface area contributed by atoms with Gasteiger partial charge in [0.15, 0.2) is 0 Å². The van der Waals surface area contributed by atoms with Gasteiger partial charge in [0.05, 0.1) is 17.6 Å². The first-order valence-corrected chi connectivity index (χ1v) is 12.4. The second-order valence-corrected chi connectivity index (χ2v) is 10.6. The highest BCUT2D eigenvalue weighted by Crippen LogP contribution is 2.57. The second-order valence-electron chi connectivity index (χ2n) is 10.6. The van der Waals surface area contributed by atoms with E-state index in [0.29, 0.717) is 35.3 Å². The van der Waals surface area contributed by atoms with Gasteiger partial charge in [0, 0.05) is 28.9 Å². The molecule has 4 saturated carbocycles. The van der Waals surface area contributed by atoms with Crippen molar-refractivity contribution in [1.29, 1.82) is 0 Å². The van der Waals surface area contributed by atoms with E-state index in [-0.39, 0.29) is 17.3 Å². The lowest BCUT2D eigenvalue weighted by Gasteiger charge is -2.61. The van der Waals surface area contributed by atoms with Crippen LogP contribution in [0.2, 0.25) is 0 Å². The Labute approximate surface area is 209 Å². The van der Waals surface area contributed by atoms with Gasteiger partial charge in [-0.2, -0.15) is 0 Å². The highest BCUT2D eigenvalue weighted by Gasteiger charge is 2.59. The third-order valence-corrected chi connectivity index (χ3v) is 7.70. The van der Waals surface area contributed by atoms with Crippen molar-refractivity contribution in [1.82, 2.24) is 30.6 Å². The van der Waals surface area contributed by atoms with E-state index >= 15 is 0 Å². The molecule has 2 unspecified atom stereocenters. The Morgan fingerprint density at radius 1 is 0.972 bits per heavy atom. The predicted octanol–water partition coefficient (Wildman–Crippen LogP) is 3.85. The zero-order chi connectivity index (χ0) is 24.8. The number of ether oxygens (including phenoxy) is 1. The fourth-order valence-electron chi connectivity index (χ4n) is 6.93. The maximum atomic E-state index is 13.1. The number of benzene rings is 1. The molecule has 0 spiro atoms. The Morgan fingerprint density at radius 2 is 1.69 bits per heavy atom. The van der Waals surface area contributed by atoms with Gasteiger partial charge in [0.2, 0.25) is 5.88 Å². The molecule has 0 saturated heterocycles. The zero-order valence-electron chi connectivity index (χ0n) is 20.1. The van der Waals surface area contributed by atoms with Crippen LogP contribution in [0.4, 0.5) is 4.79 Å². The largest absolute Gasteiger partial charge is 0.414 e. The van der Waals surface area contributed by atoms with E-state index in [4.69, 9.17) is 4.74 Å². The predicted molar refractivity (Wildman–Crippen MR) is 131 cm³/mol. The molecule has 36 heavy (non-hydrogen) atoms. The van der Waals surface area contributed by atoms with Crippen molar-refractivity contribution in [3.8, 4) is 17.1 Å². The van der Waals surface area contributed by atoms with Crippen LogP contribution in [-0.4, -0.2) is 43.0 Å². The Balaban J connectivity index is 1.17. The van der Waals surface area contributed by atoms with Gasteiger partial charge in [-0.15, -0.1) is 0 Å². The second kappa shape index (κ2) is 8.65. The van der Waals surface area contributed by atoms with E-state index in [2.05, 4.69) is 30.6 Å². The van der Waals surface area contributed by atoms with Crippen molar-refractivity contribution in [2.24, 2.45) is 11.8 Å². The molecular formula is C27H28N6O3. The summed E-state index contributed by atoms with van der Waals surface area (Å²) < 4.78 is 5.61. The molecule has 1 aromatic carbocycles. The van der Waals surface area contributed by atoms with Crippen molar-refractivity contribution in [3.63, 3.8) is 0 Å². The van der Waals surface area contributed by atoms with Gasteiger partial charge in [-0.05, 0) is 57.3 Å². The zero-order valence-corrected chi connectivity index (χ0v) is 20.1. The van der Waals surface area contributed by atoms with E-state index in [1.54, 1.807) is 12.3 Å². The Kier molecular flexibility index (Phi) is 5.43. The number of rotatable bonds is 5. The van der Waals surface area contributed by atoms with Crippen molar-refractivity contribution in [2.75, 3.05) is 0 Å². The summed E-state index contributed by atoms with van der Waals surface area (Å²) in [6.07, 6.45) is 9.41. The number of carbonyl (C=O) groups excluding carboxylic acids is 2. The van der Waals surface area contributed by atoms with E-state index in [1.807, 2.05) is 37.3 Å². The summed E-state index contributed by atoms with van der Waals surface area (Å²) >= 11 is 0. The molecule has 2 heterocycles. The summed E-state index contributed by atoms with van der Waals surface area (Å²) in [5, 5.41) is 6.47. The van der Waals surface area contributed by atoms with Crippen molar-refractivity contribution in [2.45, 2.75) is 56.5 Å². The number of aryl methyl sites for hydroxylation is 1. The van der Waals surface area contributed by atoms with E-state index in [1.165, 1.54) is 12.5 Å². The quantitative estimate of drug-likeness (QED) is 0.564. The van der Waals surface area contributed by atoms with Crippen molar-refractivity contribution in [3.05, 3.63) is 66.5 Å². The number of carbonyl (C=O) groups is 2. The van der Waals surface area contributed by atoms with Gasteiger partial charge in [0.25, 0.3) is 5.91 Å². The van der Waals surface area contributed by atoms with Crippen LogP contribution in [0.3, 0.4) is 0 Å². The lowest BCUT2D eigenvalue weighted by molar-refractivity contribution is -0.0450. The van der Waals surface area contributed by atoms with Crippen LogP contribution in [0.5, 0.6) is 5.88 Å². The fourth-order valence-corrected chi connectivity index (χ4v) is 6.93. The Bertz CT molecular complexity index is 1300. The molecule has 2 aromatic heterocycles. The Morgan fingerprint density at radius 3 is 2.42 bits per heavy atom. The van der Waals surface area contributed by atoms with Crippen LogP contribution >= 0.6 is 0 Å².